The number of nitro groups is 1. The topological polar surface area (TPSA) is 186 Å². The van der Waals surface area contributed by atoms with Gasteiger partial charge >= 0.3 is 18.3 Å². The van der Waals surface area contributed by atoms with Crippen LogP contribution in [0.1, 0.15) is 107 Å². The van der Waals surface area contributed by atoms with Gasteiger partial charge in [-0.1, -0.05) is 0 Å². The number of hydrogen-bond donors (Lipinski definition) is 1. The average Bonchev–Trinajstić information content (AvgIpc) is 3.71. The Morgan fingerprint density at radius 3 is 2.23 bits per heavy atom. The summed E-state index contributed by atoms with van der Waals surface area (Å²) < 4.78 is 59.0. The van der Waals surface area contributed by atoms with Crippen LogP contribution < -0.4 is 19.7 Å². The van der Waals surface area contributed by atoms with Gasteiger partial charge in [-0.15, -0.1) is 0 Å². The molecule has 18 heteroatoms. The molecule has 57 heavy (non-hydrogen) atoms. The van der Waals surface area contributed by atoms with Crippen LogP contribution >= 0.6 is 0 Å². The van der Waals surface area contributed by atoms with Gasteiger partial charge in [-0.25, -0.2) is 37.7 Å². The minimum atomic E-state index is -3.36. The first-order valence-electron chi connectivity index (χ1n) is 18.5. The SMILES string of the molecule is C[C@H](NC(=O)OC(C)(C)C)C(F)(F)CCOc1cc(N(C(=O)OC(C)(C)C)c2cc([C@H]3CC[C@@H](OC(=O)Oc4ccc([N+](=O)[O-])cc4)C3)nn2C(C)(C)C)ccn1. The highest BCUT2D eigenvalue weighted by molar-refractivity contribution is 5.95. The van der Waals surface area contributed by atoms with E-state index in [0.29, 0.717) is 30.8 Å². The number of anilines is 2. The van der Waals surface area contributed by atoms with E-state index in [1.165, 1.54) is 48.4 Å². The maximum atomic E-state index is 15.0. The summed E-state index contributed by atoms with van der Waals surface area (Å²) in [5.41, 5.74) is -1.66. The van der Waals surface area contributed by atoms with Gasteiger partial charge in [-0.2, -0.15) is 5.10 Å². The van der Waals surface area contributed by atoms with Gasteiger partial charge in [-0.3, -0.25) is 10.1 Å². The molecule has 2 aromatic heterocycles. The Bertz CT molecular complexity index is 1900. The maximum Gasteiger partial charge on any atom is 0.514 e. The summed E-state index contributed by atoms with van der Waals surface area (Å²) in [5, 5.41) is 18.0. The maximum absolute atomic E-state index is 15.0. The number of rotatable bonds is 12. The molecule has 1 aromatic carbocycles. The molecule has 1 aliphatic carbocycles. The van der Waals surface area contributed by atoms with Gasteiger partial charge in [0.1, 0.15) is 28.9 Å². The first kappa shape index (κ1) is 44.2. The van der Waals surface area contributed by atoms with Crippen molar-refractivity contribution in [1.82, 2.24) is 20.1 Å². The predicted octanol–water partition coefficient (Wildman–Crippen LogP) is 9.18. The first-order chi connectivity index (χ1) is 26.3. The van der Waals surface area contributed by atoms with Crippen molar-refractivity contribution < 1.29 is 51.8 Å². The van der Waals surface area contributed by atoms with Gasteiger partial charge in [0.15, 0.2) is 0 Å². The number of halogens is 2. The molecule has 0 spiro atoms. The number of nitrogens with one attached hydrogen (secondary N) is 1. The normalized spacial score (nSPS) is 16.6. The zero-order chi connectivity index (χ0) is 42.5. The third kappa shape index (κ3) is 12.7. The lowest BCUT2D eigenvalue weighted by Gasteiger charge is -2.30. The molecule has 0 aliphatic heterocycles. The molecule has 2 amide bonds. The smallest absolute Gasteiger partial charge is 0.477 e. The predicted molar refractivity (Wildman–Crippen MR) is 204 cm³/mol. The van der Waals surface area contributed by atoms with E-state index in [4.69, 9.17) is 28.8 Å². The van der Waals surface area contributed by atoms with E-state index >= 15 is 8.78 Å². The van der Waals surface area contributed by atoms with E-state index in [1.807, 2.05) is 20.8 Å². The van der Waals surface area contributed by atoms with E-state index < -0.39 is 71.1 Å². The number of benzene rings is 1. The van der Waals surface area contributed by atoms with Crippen molar-refractivity contribution in [1.29, 1.82) is 0 Å². The molecule has 312 valence electrons. The van der Waals surface area contributed by atoms with Crippen molar-refractivity contribution in [3.05, 3.63) is 64.5 Å². The molecule has 0 unspecified atom stereocenters. The number of nitro benzene ring substituents is 1. The van der Waals surface area contributed by atoms with Crippen molar-refractivity contribution >= 4 is 35.5 Å². The Hall–Kier alpha value is -5.55. The summed E-state index contributed by atoms with van der Waals surface area (Å²) in [6, 6.07) is 8.24. The van der Waals surface area contributed by atoms with Crippen LogP contribution in [0.25, 0.3) is 0 Å². The summed E-state index contributed by atoms with van der Waals surface area (Å²) in [7, 11) is 0. The van der Waals surface area contributed by atoms with Crippen LogP contribution in [0.15, 0.2) is 48.7 Å². The Labute approximate surface area is 330 Å². The summed E-state index contributed by atoms with van der Waals surface area (Å²) in [6.45, 7) is 16.5. The van der Waals surface area contributed by atoms with E-state index in [0.717, 1.165) is 0 Å². The van der Waals surface area contributed by atoms with Crippen LogP contribution in [0, 0.1) is 10.1 Å². The molecular formula is C39H52F2N6O10. The fourth-order valence-corrected chi connectivity index (χ4v) is 5.80. The van der Waals surface area contributed by atoms with Crippen LogP contribution in [0.2, 0.25) is 0 Å². The van der Waals surface area contributed by atoms with Gasteiger partial charge in [0.25, 0.3) is 11.6 Å². The number of pyridine rings is 1. The van der Waals surface area contributed by atoms with Crippen molar-refractivity contribution in [2.45, 2.75) is 136 Å². The number of aromatic nitrogens is 3. The van der Waals surface area contributed by atoms with Gasteiger partial charge in [0.2, 0.25) is 5.88 Å². The number of alkyl halides is 2. The lowest BCUT2D eigenvalue weighted by atomic mass is 10.0. The second-order valence-electron chi connectivity index (χ2n) is 16.8. The average molecular weight is 803 g/mol. The van der Waals surface area contributed by atoms with E-state index in [2.05, 4.69) is 10.3 Å². The number of amides is 2. The molecule has 3 aromatic rings. The standard InChI is InChI=1S/C39H52F2N6O10/c1-24(43-33(48)56-37(5,6)7)39(40,41)18-20-53-31-22-27(17-19-42-31)45(34(49)57-38(8,9)10)32-23-30(44-46(32)36(2,3)4)25-11-14-29(21-25)55-35(50)54-28-15-12-26(13-16-28)47(51)52/h12-13,15-17,19,22-25,29H,11,14,18,20-21H2,1-10H3,(H,43,48)/t24-,25-,29+/m0/s1. The molecule has 1 N–H and O–H groups in total. The molecule has 4 rings (SSSR count). The molecule has 16 nitrogen and oxygen atoms in total. The lowest BCUT2D eigenvalue weighted by Crippen LogP contribution is -2.47. The number of carbonyl (C=O) groups excluding carboxylic acids is 3. The van der Waals surface area contributed by atoms with Crippen molar-refractivity contribution in [3.63, 3.8) is 0 Å². The highest BCUT2D eigenvalue weighted by Gasteiger charge is 2.39. The van der Waals surface area contributed by atoms with E-state index in [-0.39, 0.29) is 28.9 Å². The number of carbonyl (C=O) groups is 3. The monoisotopic (exact) mass is 802 g/mol. The quantitative estimate of drug-likeness (QED) is 0.0602. The van der Waals surface area contributed by atoms with Crippen LogP contribution in [0.4, 0.5) is 40.4 Å². The van der Waals surface area contributed by atoms with Crippen LogP contribution in [0.5, 0.6) is 11.6 Å². The third-order valence-electron chi connectivity index (χ3n) is 8.49. The number of non-ortho nitro benzene ring substituents is 1. The molecular weight excluding hydrogens is 750 g/mol. The largest absolute Gasteiger partial charge is 0.514 e. The number of nitrogens with zero attached hydrogens (tertiary/aromatic N) is 5. The fraction of sp³-hybridized carbons (Fsp3) is 0.564. The summed E-state index contributed by atoms with van der Waals surface area (Å²) in [6.07, 6.45) is -1.02. The molecule has 1 fully saturated rings. The van der Waals surface area contributed by atoms with Gasteiger partial charge in [0.05, 0.1) is 34.5 Å². The van der Waals surface area contributed by atoms with Gasteiger partial charge < -0.3 is 29.0 Å². The van der Waals surface area contributed by atoms with E-state index in [1.54, 1.807) is 58.4 Å². The Morgan fingerprint density at radius 1 is 0.982 bits per heavy atom. The molecule has 3 atom stereocenters. The summed E-state index contributed by atoms with van der Waals surface area (Å²) in [4.78, 5) is 54.5. The van der Waals surface area contributed by atoms with Crippen LogP contribution in [-0.2, 0) is 19.7 Å². The summed E-state index contributed by atoms with van der Waals surface area (Å²) >= 11 is 0. The molecule has 0 bridgehead atoms. The minimum absolute atomic E-state index is 0.0388. The fourth-order valence-electron chi connectivity index (χ4n) is 5.80. The Kier molecular flexibility index (Phi) is 13.4. The third-order valence-corrected chi connectivity index (χ3v) is 8.49. The van der Waals surface area contributed by atoms with Gasteiger partial charge in [0, 0.05) is 42.8 Å². The van der Waals surface area contributed by atoms with E-state index in [9.17, 15) is 24.5 Å². The van der Waals surface area contributed by atoms with Crippen LogP contribution in [-0.4, -0.2) is 73.9 Å². The molecule has 0 saturated heterocycles. The summed E-state index contributed by atoms with van der Waals surface area (Å²) in [5.74, 6) is -3.12. The molecule has 1 saturated carbocycles. The zero-order valence-corrected chi connectivity index (χ0v) is 34.0. The lowest BCUT2D eigenvalue weighted by molar-refractivity contribution is -0.384. The zero-order valence-electron chi connectivity index (χ0n) is 34.0. The van der Waals surface area contributed by atoms with Crippen molar-refractivity contribution in [2.75, 3.05) is 11.5 Å². The molecule has 2 heterocycles. The highest BCUT2D eigenvalue weighted by atomic mass is 19.3. The number of hydrogen-bond acceptors (Lipinski definition) is 12. The minimum Gasteiger partial charge on any atom is -0.477 e. The Morgan fingerprint density at radius 2 is 1.63 bits per heavy atom. The van der Waals surface area contributed by atoms with Crippen molar-refractivity contribution in [2.24, 2.45) is 0 Å². The van der Waals surface area contributed by atoms with Crippen LogP contribution in [0.3, 0.4) is 0 Å². The molecule has 1 aliphatic rings. The Balaban J connectivity index is 1.53. The second-order valence-corrected chi connectivity index (χ2v) is 16.8. The molecule has 0 radical (unpaired) electrons. The number of alkyl carbamates (subject to hydrolysis) is 1. The second kappa shape index (κ2) is 17.3. The highest BCUT2D eigenvalue weighted by Crippen LogP contribution is 2.40. The number of ether oxygens (including phenoxy) is 5. The first-order valence-corrected chi connectivity index (χ1v) is 18.5. The van der Waals surface area contributed by atoms with Gasteiger partial charge in [-0.05, 0) is 107 Å². The van der Waals surface area contributed by atoms with Crippen molar-refractivity contribution in [3.8, 4) is 11.6 Å².